The lowest BCUT2D eigenvalue weighted by atomic mass is 9.81. The number of piperidine rings is 1. The normalized spacial score (nSPS) is 17.9. The first kappa shape index (κ1) is 15.2. The summed E-state index contributed by atoms with van der Waals surface area (Å²) in [6.45, 7) is 4.13. The van der Waals surface area contributed by atoms with Crippen LogP contribution in [0.2, 0.25) is 0 Å². The Kier molecular flexibility index (Phi) is 4.11. The second-order valence-corrected chi connectivity index (χ2v) is 6.21. The maximum Gasteiger partial charge on any atom is 0.335 e. The van der Waals surface area contributed by atoms with Crippen molar-refractivity contribution >= 4 is 17.8 Å². The van der Waals surface area contributed by atoms with E-state index in [4.69, 9.17) is 5.11 Å². The number of carbonyl (C=O) groups is 3. The molecule has 2 rings (SSSR count). The fraction of sp³-hybridized carbons (Fsp3) is 0.438. The molecule has 1 N–H and O–H groups in total. The fourth-order valence-electron chi connectivity index (χ4n) is 2.56. The third-order valence-corrected chi connectivity index (χ3v) is 3.66. The van der Waals surface area contributed by atoms with Crippen molar-refractivity contribution in [3.63, 3.8) is 0 Å². The van der Waals surface area contributed by atoms with E-state index in [9.17, 15) is 14.4 Å². The van der Waals surface area contributed by atoms with Crippen LogP contribution >= 0.6 is 0 Å². The Morgan fingerprint density at radius 3 is 2.43 bits per heavy atom. The van der Waals surface area contributed by atoms with Crippen LogP contribution < -0.4 is 0 Å². The van der Waals surface area contributed by atoms with E-state index in [1.807, 2.05) is 13.8 Å². The Morgan fingerprint density at radius 1 is 1.24 bits per heavy atom. The van der Waals surface area contributed by atoms with Crippen molar-refractivity contribution in [3.05, 3.63) is 35.4 Å². The summed E-state index contributed by atoms with van der Waals surface area (Å²) in [5.41, 5.74) is 0.749. The van der Waals surface area contributed by atoms with Gasteiger partial charge in [-0.1, -0.05) is 26.0 Å². The molecular weight excluding hydrogens is 270 g/mol. The SMILES string of the molecule is CC1(C)CC(=O)N(CCc2cccc(C(=O)O)c2)C(=O)C1. The number of carbonyl (C=O) groups excluding carboxylic acids is 2. The summed E-state index contributed by atoms with van der Waals surface area (Å²) in [6, 6.07) is 6.56. The molecule has 1 saturated heterocycles. The maximum atomic E-state index is 12.0. The molecule has 0 spiro atoms. The van der Waals surface area contributed by atoms with E-state index in [1.165, 1.54) is 11.0 Å². The van der Waals surface area contributed by atoms with Crippen molar-refractivity contribution in [3.8, 4) is 0 Å². The van der Waals surface area contributed by atoms with Gasteiger partial charge in [-0.3, -0.25) is 14.5 Å². The highest BCUT2D eigenvalue weighted by atomic mass is 16.4. The number of nitrogens with zero attached hydrogens (tertiary/aromatic N) is 1. The van der Waals surface area contributed by atoms with E-state index < -0.39 is 5.97 Å². The number of likely N-dealkylation sites (tertiary alicyclic amines) is 1. The smallest absolute Gasteiger partial charge is 0.335 e. The van der Waals surface area contributed by atoms with E-state index in [-0.39, 0.29) is 22.8 Å². The van der Waals surface area contributed by atoms with Gasteiger partial charge in [-0.2, -0.15) is 0 Å². The zero-order valence-electron chi connectivity index (χ0n) is 12.3. The Labute approximate surface area is 123 Å². The molecular formula is C16H19NO4. The van der Waals surface area contributed by atoms with Gasteiger partial charge in [0.25, 0.3) is 0 Å². The molecule has 1 fully saturated rings. The largest absolute Gasteiger partial charge is 0.478 e. The molecule has 0 aliphatic carbocycles. The molecule has 2 amide bonds. The van der Waals surface area contributed by atoms with Crippen LogP contribution in [0.5, 0.6) is 0 Å². The van der Waals surface area contributed by atoms with Crippen molar-refractivity contribution in [2.24, 2.45) is 5.41 Å². The van der Waals surface area contributed by atoms with Crippen molar-refractivity contribution < 1.29 is 19.5 Å². The van der Waals surface area contributed by atoms with Gasteiger partial charge in [0.15, 0.2) is 0 Å². The Hall–Kier alpha value is -2.17. The monoisotopic (exact) mass is 289 g/mol. The lowest BCUT2D eigenvalue weighted by molar-refractivity contribution is -0.152. The van der Waals surface area contributed by atoms with Gasteiger partial charge in [-0.25, -0.2) is 4.79 Å². The molecule has 1 aromatic carbocycles. The van der Waals surface area contributed by atoms with Gasteiger partial charge >= 0.3 is 5.97 Å². The second-order valence-electron chi connectivity index (χ2n) is 6.21. The Bertz CT molecular complexity index is 572. The minimum Gasteiger partial charge on any atom is -0.478 e. The van der Waals surface area contributed by atoms with Gasteiger partial charge in [0, 0.05) is 19.4 Å². The van der Waals surface area contributed by atoms with Crippen LogP contribution in [0.15, 0.2) is 24.3 Å². The van der Waals surface area contributed by atoms with Gasteiger partial charge in [-0.15, -0.1) is 0 Å². The van der Waals surface area contributed by atoms with Crippen molar-refractivity contribution in [2.75, 3.05) is 6.54 Å². The van der Waals surface area contributed by atoms with Gasteiger partial charge in [0.05, 0.1) is 5.56 Å². The predicted octanol–water partition coefficient (Wildman–Crippen LogP) is 2.10. The van der Waals surface area contributed by atoms with E-state index in [0.717, 1.165) is 5.56 Å². The molecule has 0 unspecified atom stereocenters. The molecule has 0 aromatic heterocycles. The first-order valence-corrected chi connectivity index (χ1v) is 6.94. The summed E-state index contributed by atoms with van der Waals surface area (Å²) in [4.78, 5) is 36.3. The van der Waals surface area contributed by atoms with Crippen LogP contribution in [0.1, 0.15) is 42.6 Å². The number of hydrogen-bond acceptors (Lipinski definition) is 3. The molecule has 1 aliphatic heterocycles. The summed E-state index contributed by atoms with van der Waals surface area (Å²) in [5, 5.41) is 8.95. The zero-order valence-corrected chi connectivity index (χ0v) is 12.3. The fourth-order valence-corrected chi connectivity index (χ4v) is 2.56. The number of hydrogen-bond donors (Lipinski definition) is 1. The lowest BCUT2D eigenvalue weighted by Crippen LogP contribution is -2.46. The van der Waals surface area contributed by atoms with E-state index in [1.54, 1.807) is 18.2 Å². The molecule has 112 valence electrons. The third-order valence-electron chi connectivity index (χ3n) is 3.66. The first-order chi connectivity index (χ1) is 9.78. The maximum absolute atomic E-state index is 12.0. The van der Waals surface area contributed by atoms with Crippen LogP contribution in [-0.2, 0) is 16.0 Å². The van der Waals surface area contributed by atoms with Crippen molar-refractivity contribution in [1.82, 2.24) is 4.90 Å². The van der Waals surface area contributed by atoms with E-state index in [2.05, 4.69) is 0 Å². The molecule has 0 radical (unpaired) electrons. The number of aromatic carboxylic acids is 1. The third kappa shape index (κ3) is 3.68. The van der Waals surface area contributed by atoms with Crippen LogP contribution in [0.4, 0.5) is 0 Å². The average Bonchev–Trinajstić information content (AvgIpc) is 2.36. The van der Waals surface area contributed by atoms with Crippen molar-refractivity contribution in [2.45, 2.75) is 33.1 Å². The summed E-state index contributed by atoms with van der Waals surface area (Å²) in [5.74, 6) is -1.28. The molecule has 5 heteroatoms. The quantitative estimate of drug-likeness (QED) is 0.861. The minimum atomic E-state index is -0.983. The van der Waals surface area contributed by atoms with Crippen LogP contribution in [0, 0.1) is 5.41 Å². The molecule has 0 bridgehead atoms. The molecule has 5 nitrogen and oxygen atoms in total. The zero-order chi connectivity index (χ0) is 15.6. The summed E-state index contributed by atoms with van der Waals surface area (Å²) < 4.78 is 0. The van der Waals surface area contributed by atoms with Crippen LogP contribution in [-0.4, -0.2) is 34.3 Å². The number of carboxylic acid groups (broad SMARTS) is 1. The Morgan fingerprint density at radius 2 is 1.86 bits per heavy atom. The number of imide groups is 1. The van der Waals surface area contributed by atoms with Gasteiger partial charge < -0.3 is 5.11 Å². The number of benzene rings is 1. The highest BCUT2D eigenvalue weighted by molar-refractivity contribution is 5.98. The average molecular weight is 289 g/mol. The van der Waals surface area contributed by atoms with Gasteiger partial charge in [0.2, 0.25) is 11.8 Å². The molecule has 0 atom stereocenters. The van der Waals surface area contributed by atoms with Crippen LogP contribution in [0.25, 0.3) is 0 Å². The molecule has 1 heterocycles. The lowest BCUT2D eigenvalue weighted by Gasteiger charge is -2.34. The first-order valence-electron chi connectivity index (χ1n) is 6.94. The number of rotatable bonds is 4. The minimum absolute atomic E-state index is 0.148. The summed E-state index contributed by atoms with van der Waals surface area (Å²) in [6.07, 6.45) is 1.21. The van der Waals surface area contributed by atoms with E-state index in [0.29, 0.717) is 25.8 Å². The molecule has 1 aliphatic rings. The summed E-state index contributed by atoms with van der Waals surface area (Å²) >= 11 is 0. The molecule has 21 heavy (non-hydrogen) atoms. The molecule has 1 aromatic rings. The molecule has 0 saturated carbocycles. The highest BCUT2D eigenvalue weighted by Crippen LogP contribution is 2.31. The van der Waals surface area contributed by atoms with E-state index >= 15 is 0 Å². The number of amides is 2. The second kappa shape index (κ2) is 5.68. The topological polar surface area (TPSA) is 74.7 Å². The van der Waals surface area contributed by atoms with Gasteiger partial charge in [0.1, 0.15) is 0 Å². The highest BCUT2D eigenvalue weighted by Gasteiger charge is 2.36. The standard InChI is InChI=1S/C16H19NO4/c1-16(2)9-13(18)17(14(19)10-16)7-6-11-4-3-5-12(8-11)15(20)21/h3-5,8H,6-7,9-10H2,1-2H3,(H,20,21). The van der Waals surface area contributed by atoms with Crippen molar-refractivity contribution in [1.29, 1.82) is 0 Å². The predicted molar refractivity (Wildman–Crippen MR) is 76.8 cm³/mol. The number of carboxylic acids is 1. The van der Waals surface area contributed by atoms with Gasteiger partial charge in [-0.05, 0) is 29.5 Å². The Balaban J connectivity index is 2.03. The van der Waals surface area contributed by atoms with Crippen LogP contribution in [0.3, 0.4) is 0 Å². The summed E-state index contributed by atoms with van der Waals surface area (Å²) in [7, 11) is 0.